The molecule has 0 saturated carbocycles. The highest BCUT2D eigenvalue weighted by Crippen LogP contribution is 2.32. The van der Waals surface area contributed by atoms with Crippen molar-refractivity contribution in [1.29, 1.82) is 0 Å². The summed E-state index contributed by atoms with van der Waals surface area (Å²) >= 11 is 2.12. The topological polar surface area (TPSA) is 26.0 Å². The quantitative estimate of drug-likeness (QED) is 0.790. The molecule has 1 aromatic carbocycles. The molecule has 0 aliphatic heterocycles. The van der Waals surface area contributed by atoms with Gasteiger partial charge in [-0.2, -0.15) is 0 Å². The fraction of sp³-hybridized carbons (Fsp3) is 0.455. The second-order valence-corrected chi connectivity index (χ2v) is 5.67. The van der Waals surface area contributed by atoms with Crippen molar-refractivity contribution in [1.82, 2.24) is 0 Å². The molecule has 0 saturated heterocycles. The molecule has 0 bridgehead atoms. The van der Waals surface area contributed by atoms with E-state index in [1.165, 1.54) is 12.1 Å². The van der Waals surface area contributed by atoms with Crippen molar-refractivity contribution < 1.29 is 4.39 Å². The molecule has 2 N–H and O–H groups in total. The van der Waals surface area contributed by atoms with Crippen LogP contribution < -0.4 is 5.73 Å². The van der Waals surface area contributed by atoms with Gasteiger partial charge in [0.2, 0.25) is 0 Å². The monoisotopic (exact) mass is 307 g/mol. The summed E-state index contributed by atoms with van der Waals surface area (Å²) in [7, 11) is 0. The van der Waals surface area contributed by atoms with Crippen LogP contribution in [0.1, 0.15) is 32.4 Å². The Balaban J connectivity index is 3.08. The van der Waals surface area contributed by atoms with Gasteiger partial charge in [-0.3, -0.25) is 0 Å². The van der Waals surface area contributed by atoms with E-state index in [1.54, 1.807) is 6.07 Å². The van der Waals surface area contributed by atoms with Gasteiger partial charge in [-0.1, -0.05) is 26.8 Å². The maximum Gasteiger partial charge on any atom is 0.124 e. The average molecular weight is 307 g/mol. The van der Waals surface area contributed by atoms with E-state index in [1.807, 2.05) is 0 Å². The molecule has 78 valence electrons. The summed E-state index contributed by atoms with van der Waals surface area (Å²) < 4.78 is 13.8. The number of halogens is 2. The van der Waals surface area contributed by atoms with Crippen molar-refractivity contribution in [3.05, 3.63) is 33.1 Å². The van der Waals surface area contributed by atoms with Gasteiger partial charge in [0.25, 0.3) is 0 Å². The maximum atomic E-state index is 12.9. The molecule has 0 fully saturated rings. The van der Waals surface area contributed by atoms with Gasteiger partial charge in [0.1, 0.15) is 5.82 Å². The molecule has 0 heterocycles. The van der Waals surface area contributed by atoms with Crippen LogP contribution in [-0.4, -0.2) is 0 Å². The first kappa shape index (κ1) is 11.9. The van der Waals surface area contributed by atoms with Crippen molar-refractivity contribution in [3.8, 4) is 0 Å². The number of benzene rings is 1. The van der Waals surface area contributed by atoms with E-state index in [0.29, 0.717) is 0 Å². The van der Waals surface area contributed by atoms with Crippen LogP contribution in [0.4, 0.5) is 4.39 Å². The van der Waals surface area contributed by atoms with Crippen LogP contribution in [0.25, 0.3) is 0 Å². The summed E-state index contributed by atoms with van der Waals surface area (Å²) in [5, 5.41) is 0. The second kappa shape index (κ2) is 4.14. The fourth-order valence-electron chi connectivity index (χ4n) is 1.22. The summed E-state index contributed by atoms with van der Waals surface area (Å²) in [5.74, 6) is -0.209. The third kappa shape index (κ3) is 2.67. The van der Waals surface area contributed by atoms with Crippen molar-refractivity contribution in [3.63, 3.8) is 0 Å². The van der Waals surface area contributed by atoms with Crippen LogP contribution >= 0.6 is 22.6 Å². The highest BCUT2D eigenvalue weighted by Gasteiger charge is 2.23. The van der Waals surface area contributed by atoms with Gasteiger partial charge in [0.15, 0.2) is 0 Å². The molecule has 0 spiro atoms. The number of nitrogens with two attached hydrogens (primary N) is 1. The number of hydrogen-bond acceptors (Lipinski definition) is 1. The molecule has 1 atom stereocenters. The van der Waals surface area contributed by atoms with E-state index in [9.17, 15) is 4.39 Å². The Morgan fingerprint density at radius 1 is 1.36 bits per heavy atom. The molecular formula is C11H15FIN. The molecule has 0 aliphatic carbocycles. The van der Waals surface area contributed by atoms with Gasteiger partial charge in [-0.15, -0.1) is 0 Å². The molecule has 0 aromatic heterocycles. The molecule has 0 aliphatic rings. The lowest BCUT2D eigenvalue weighted by molar-refractivity contribution is 0.326. The summed E-state index contributed by atoms with van der Waals surface area (Å²) in [6.45, 7) is 6.24. The van der Waals surface area contributed by atoms with Crippen LogP contribution in [-0.2, 0) is 0 Å². The fourth-order valence-corrected chi connectivity index (χ4v) is 2.03. The van der Waals surface area contributed by atoms with Gasteiger partial charge in [-0.25, -0.2) is 4.39 Å². The van der Waals surface area contributed by atoms with Crippen LogP contribution in [0.15, 0.2) is 18.2 Å². The lowest BCUT2D eigenvalue weighted by atomic mass is 9.83. The Morgan fingerprint density at radius 3 is 2.36 bits per heavy atom. The average Bonchev–Trinajstić information content (AvgIpc) is 2.01. The summed E-state index contributed by atoms with van der Waals surface area (Å²) in [5.41, 5.74) is 7.11. The van der Waals surface area contributed by atoms with Crippen molar-refractivity contribution in [2.75, 3.05) is 0 Å². The normalized spacial score (nSPS) is 14.1. The largest absolute Gasteiger partial charge is 0.323 e. The predicted molar refractivity (Wildman–Crippen MR) is 65.5 cm³/mol. The first-order valence-electron chi connectivity index (χ1n) is 4.53. The lowest BCUT2D eigenvalue weighted by Crippen LogP contribution is -2.27. The smallest absolute Gasteiger partial charge is 0.124 e. The van der Waals surface area contributed by atoms with E-state index >= 15 is 0 Å². The van der Waals surface area contributed by atoms with Crippen LogP contribution in [0.2, 0.25) is 0 Å². The van der Waals surface area contributed by atoms with Gasteiger partial charge in [0.05, 0.1) is 0 Å². The highest BCUT2D eigenvalue weighted by molar-refractivity contribution is 14.1. The van der Waals surface area contributed by atoms with E-state index in [0.717, 1.165) is 9.13 Å². The zero-order valence-electron chi connectivity index (χ0n) is 8.64. The molecule has 3 heteroatoms. The minimum Gasteiger partial charge on any atom is -0.323 e. The zero-order valence-corrected chi connectivity index (χ0v) is 10.8. The van der Waals surface area contributed by atoms with E-state index in [-0.39, 0.29) is 17.3 Å². The number of rotatable bonds is 1. The summed E-state index contributed by atoms with van der Waals surface area (Å²) in [6.07, 6.45) is 0. The molecule has 1 rings (SSSR count). The Bertz CT molecular complexity index is 331. The second-order valence-electron chi connectivity index (χ2n) is 4.51. The third-order valence-corrected chi connectivity index (χ3v) is 3.16. The van der Waals surface area contributed by atoms with Crippen molar-refractivity contribution in [2.45, 2.75) is 26.8 Å². The van der Waals surface area contributed by atoms with Gasteiger partial charge < -0.3 is 5.73 Å². The standard InChI is InChI=1S/C11H15FIN/c1-11(2,3)10(14)8-5-4-7(12)6-9(8)13/h4-6,10H,14H2,1-3H3/t10-/m0/s1. The van der Waals surface area contributed by atoms with E-state index < -0.39 is 0 Å². The molecule has 0 amide bonds. The van der Waals surface area contributed by atoms with Crippen LogP contribution in [0.3, 0.4) is 0 Å². The molecule has 14 heavy (non-hydrogen) atoms. The third-order valence-electron chi connectivity index (χ3n) is 2.23. The van der Waals surface area contributed by atoms with Gasteiger partial charge in [-0.05, 0) is 45.7 Å². The van der Waals surface area contributed by atoms with Gasteiger partial charge in [0, 0.05) is 9.61 Å². The summed E-state index contributed by atoms with van der Waals surface area (Å²) in [6, 6.07) is 4.69. The SMILES string of the molecule is CC(C)(C)[C@@H](N)c1ccc(F)cc1I. The first-order valence-corrected chi connectivity index (χ1v) is 5.61. The van der Waals surface area contributed by atoms with E-state index in [2.05, 4.69) is 43.4 Å². The molecular weight excluding hydrogens is 292 g/mol. The van der Waals surface area contributed by atoms with E-state index in [4.69, 9.17) is 5.73 Å². The highest BCUT2D eigenvalue weighted by atomic mass is 127. The van der Waals surface area contributed by atoms with Gasteiger partial charge >= 0.3 is 0 Å². The first-order chi connectivity index (χ1) is 6.32. The molecule has 1 aromatic rings. The Hall–Kier alpha value is -0.160. The Morgan fingerprint density at radius 2 is 1.93 bits per heavy atom. The van der Waals surface area contributed by atoms with Crippen LogP contribution in [0.5, 0.6) is 0 Å². The lowest BCUT2D eigenvalue weighted by Gasteiger charge is -2.28. The number of hydrogen-bond donors (Lipinski definition) is 1. The molecule has 0 unspecified atom stereocenters. The maximum absolute atomic E-state index is 12.9. The Kier molecular flexibility index (Phi) is 3.53. The molecule has 1 nitrogen and oxygen atoms in total. The summed E-state index contributed by atoms with van der Waals surface area (Å²) in [4.78, 5) is 0. The Labute approximate surface area is 98.0 Å². The van der Waals surface area contributed by atoms with Crippen LogP contribution in [0, 0.1) is 14.8 Å². The predicted octanol–water partition coefficient (Wildman–Crippen LogP) is 3.48. The zero-order chi connectivity index (χ0) is 10.9. The minimum absolute atomic E-state index is 0.00223. The van der Waals surface area contributed by atoms with Crippen molar-refractivity contribution in [2.24, 2.45) is 11.1 Å². The van der Waals surface area contributed by atoms with Crippen molar-refractivity contribution >= 4 is 22.6 Å². The molecule has 0 radical (unpaired) electrons. The minimum atomic E-state index is -0.209.